The smallest absolute Gasteiger partial charge is 0.234 e. The highest BCUT2D eigenvalue weighted by molar-refractivity contribution is 9.10. The number of amides is 1. The average Bonchev–Trinajstić information content (AvgIpc) is 3.13. The maximum Gasteiger partial charge on any atom is 0.234 e. The Morgan fingerprint density at radius 1 is 1.06 bits per heavy atom. The minimum atomic E-state index is -0.0723. The summed E-state index contributed by atoms with van der Waals surface area (Å²) >= 11 is 4.89. The van der Waals surface area contributed by atoms with E-state index in [4.69, 9.17) is 0 Å². The number of benzene rings is 3. The molecule has 4 aromatic rings. The van der Waals surface area contributed by atoms with Gasteiger partial charge in [0, 0.05) is 46.9 Å². The lowest BCUT2D eigenvalue weighted by molar-refractivity contribution is -0.113. The van der Waals surface area contributed by atoms with Gasteiger partial charge >= 0.3 is 0 Å². The van der Waals surface area contributed by atoms with Crippen molar-refractivity contribution in [3.63, 3.8) is 0 Å². The molecular weight excluding hydrogens is 472 g/mol. The summed E-state index contributed by atoms with van der Waals surface area (Å²) < 4.78 is 2.98. The van der Waals surface area contributed by atoms with E-state index in [2.05, 4.69) is 86.2 Å². The average molecular weight is 495 g/mol. The van der Waals surface area contributed by atoms with Crippen LogP contribution >= 0.6 is 27.7 Å². The molecule has 0 saturated heterocycles. The molecule has 0 unspecified atom stereocenters. The van der Waals surface area contributed by atoms with Crippen LogP contribution in [0, 0.1) is 6.92 Å². The third-order valence-corrected chi connectivity index (χ3v) is 6.63. The second-order valence-electron chi connectivity index (χ2n) is 7.38. The van der Waals surface area contributed by atoms with Crippen molar-refractivity contribution in [1.29, 1.82) is 0 Å². The predicted molar refractivity (Wildman–Crippen MR) is 134 cm³/mol. The number of carbonyl (C=O) groups excluding carboxylic acids is 1. The van der Waals surface area contributed by atoms with Crippen molar-refractivity contribution in [2.24, 2.45) is 0 Å². The van der Waals surface area contributed by atoms with Gasteiger partial charge < -0.3 is 10.2 Å². The quantitative estimate of drug-likeness (QED) is 0.339. The zero-order valence-electron chi connectivity index (χ0n) is 17.6. The zero-order valence-corrected chi connectivity index (χ0v) is 20.0. The number of nitrogens with zero attached hydrogens (tertiary/aromatic N) is 3. The van der Waals surface area contributed by atoms with Crippen LogP contribution in [-0.2, 0) is 4.79 Å². The van der Waals surface area contributed by atoms with Gasteiger partial charge in [-0.3, -0.25) is 9.36 Å². The van der Waals surface area contributed by atoms with Crippen LogP contribution in [0.5, 0.6) is 0 Å². The van der Waals surface area contributed by atoms with E-state index in [1.807, 2.05) is 37.4 Å². The van der Waals surface area contributed by atoms with Crippen molar-refractivity contribution in [3.05, 3.63) is 77.0 Å². The van der Waals surface area contributed by atoms with Crippen molar-refractivity contribution in [2.75, 3.05) is 30.1 Å². The number of rotatable bonds is 6. The Morgan fingerprint density at radius 3 is 2.52 bits per heavy atom. The van der Waals surface area contributed by atoms with Crippen LogP contribution in [0.2, 0.25) is 0 Å². The first-order chi connectivity index (χ1) is 15.0. The van der Waals surface area contributed by atoms with Gasteiger partial charge in [-0.05, 0) is 47.1 Å². The molecule has 1 N–H and O–H groups in total. The molecule has 3 aromatic carbocycles. The van der Waals surface area contributed by atoms with Crippen LogP contribution in [0.3, 0.4) is 0 Å². The maximum atomic E-state index is 12.5. The van der Waals surface area contributed by atoms with E-state index in [1.165, 1.54) is 22.8 Å². The summed E-state index contributed by atoms with van der Waals surface area (Å²) in [6.45, 7) is 2.03. The van der Waals surface area contributed by atoms with E-state index < -0.39 is 0 Å². The first-order valence-electron chi connectivity index (χ1n) is 9.86. The number of imidazole rings is 1. The lowest BCUT2D eigenvalue weighted by atomic mass is 10.1. The molecule has 5 nitrogen and oxygen atoms in total. The Labute approximate surface area is 194 Å². The van der Waals surface area contributed by atoms with E-state index >= 15 is 0 Å². The third-order valence-electron chi connectivity index (χ3n) is 4.99. The monoisotopic (exact) mass is 494 g/mol. The molecular formula is C24H23BrN4OS. The van der Waals surface area contributed by atoms with Gasteiger partial charge in [0.05, 0.1) is 17.1 Å². The van der Waals surface area contributed by atoms with Crippen molar-refractivity contribution < 1.29 is 4.79 Å². The summed E-state index contributed by atoms with van der Waals surface area (Å²) in [6, 6.07) is 20.2. The van der Waals surface area contributed by atoms with Crippen LogP contribution in [-0.4, -0.2) is 35.3 Å². The zero-order chi connectivity index (χ0) is 22.0. The van der Waals surface area contributed by atoms with E-state index in [1.54, 1.807) is 0 Å². The van der Waals surface area contributed by atoms with Crippen LogP contribution < -0.4 is 10.2 Å². The number of fused-ring (bicyclic) bond motifs is 1. The molecule has 0 aliphatic heterocycles. The molecule has 7 heteroatoms. The largest absolute Gasteiger partial charge is 0.377 e. The normalized spacial score (nSPS) is 11.0. The van der Waals surface area contributed by atoms with Gasteiger partial charge in [0.2, 0.25) is 5.91 Å². The fourth-order valence-electron chi connectivity index (χ4n) is 3.54. The van der Waals surface area contributed by atoms with Crippen LogP contribution in [0.1, 0.15) is 5.69 Å². The molecule has 0 aliphatic rings. The molecule has 0 spiro atoms. The summed E-state index contributed by atoms with van der Waals surface area (Å²) in [5, 5.41) is 6.07. The minimum absolute atomic E-state index is 0.0723. The van der Waals surface area contributed by atoms with E-state index in [0.717, 1.165) is 32.1 Å². The number of halogens is 1. The molecule has 0 aliphatic carbocycles. The van der Waals surface area contributed by atoms with Crippen LogP contribution in [0.15, 0.2) is 76.5 Å². The topological polar surface area (TPSA) is 50.2 Å². The highest BCUT2D eigenvalue weighted by atomic mass is 79.9. The van der Waals surface area contributed by atoms with Crippen molar-refractivity contribution >= 4 is 55.7 Å². The fraction of sp³-hybridized carbons (Fsp3) is 0.167. The second kappa shape index (κ2) is 9.16. The van der Waals surface area contributed by atoms with Gasteiger partial charge in [-0.25, -0.2) is 4.98 Å². The van der Waals surface area contributed by atoms with Gasteiger partial charge in [0.25, 0.3) is 0 Å². The Bertz CT molecular complexity index is 1250. The first-order valence-corrected chi connectivity index (χ1v) is 11.6. The molecule has 1 heterocycles. The highest BCUT2D eigenvalue weighted by Crippen LogP contribution is 2.33. The number of anilines is 2. The highest BCUT2D eigenvalue weighted by Gasteiger charge is 2.16. The van der Waals surface area contributed by atoms with E-state index in [9.17, 15) is 4.79 Å². The van der Waals surface area contributed by atoms with E-state index in [-0.39, 0.29) is 11.7 Å². The summed E-state index contributed by atoms with van der Waals surface area (Å²) in [5.74, 6) is 0.197. The van der Waals surface area contributed by atoms with Crippen molar-refractivity contribution in [1.82, 2.24) is 9.55 Å². The second-order valence-corrected chi connectivity index (χ2v) is 9.17. The van der Waals surface area contributed by atoms with Crippen LogP contribution in [0.25, 0.3) is 16.5 Å². The van der Waals surface area contributed by atoms with Gasteiger partial charge in [0.15, 0.2) is 5.16 Å². The van der Waals surface area contributed by atoms with Gasteiger partial charge in [-0.15, -0.1) is 0 Å². The maximum absolute atomic E-state index is 12.5. The molecule has 1 amide bonds. The number of hydrogen-bond donors (Lipinski definition) is 1. The number of aryl methyl sites for hydroxylation is 1. The Morgan fingerprint density at radius 2 is 1.77 bits per heavy atom. The van der Waals surface area contributed by atoms with Crippen molar-refractivity contribution in [2.45, 2.75) is 12.1 Å². The molecule has 31 heavy (non-hydrogen) atoms. The number of nitrogens with one attached hydrogen (secondary N) is 1. The molecule has 1 aromatic heterocycles. The number of carbonyl (C=O) groups is 1. The Kier molecular flexibility index (Phi) is 6.34. The van der Waals surface area contributed by atoms with E-state index in [0.29, 0.717) is 0 Å². The molecule has 0 atom stereocenters. The summed E-state index contributed by atoms with van der Waals surface area (Å²) in [4.78, 5) is 19.2. The number of para-hydroxylation sites is 1. The van der Waals surface area contributed by atoms with Gasteiger partial charge in [0.1, 0.15) is 0 Å². The third kappa shape index (κ3) is 4.48. The van der Waals surface area contributed by atoms with Gasteiger partial charge in [-0.2, -0.15) is 0 Å². The molecule has 0 bridgehead atoms. The van der Waals surface area contributed by atoms with Gasteiger partial charge in [-0.1, -0.05) is 48.2 Å². The predicted octanol–water partition coefficient (Wildman–Crippen LogP) is 5.89. The first kappa shape index (κ1) is 21.5. The lowest BCUT2D eigenvalue weighted by Gasteiger charge is -2.19. The van der Waals surface area contributed by atoms with Crippen LogP contribution in [0.4, 0.5) is 11.4 Å². The SMILES string of the molecule is Cc1cnc(SCC(=O)Nc2ccccc2Br)n1-c1ccc(N(C)C)c2ccccc12. The molecule has 158 valence electrons. The summed E-state index contributed by atoms with van der Waals surface area (Å²) in [6.07, 6.45) is 1.85. The standard InChI is InChI=1S/C24H23BrN4OS/c1-16-14-26-24(31-15-23(30)27-20-11-7-6-10-19(20)25)29(16)22-13-12-21(28(2)3)17-8-4-5-9-18(17)22/h4-14H,15H2,1-3H3,(H,27,30). The fourth-order valence-corrected chi connectivity index (χ4v) is 4.76. The number of hydrogen-bond acceptors (Lipinski definition) is 4. The molecule has 4 rings (SSSR count). The molecule has 0 saturated carbocycles. The summed E-state index contributed by atoms with van der Waals surface area (Å²) in [7, 11) is 4.10. The molecule has 0 fully saturated rings. The number of thioether (sulfide) groups is 1. The minimum Gasteiger partial charge on any atom is -0.377 e. The Hall–Kier alpha value is -2.77. The Balaban J connectivity index is 1.63. The number of aromatic nitrogens is 2. The summed E-state index contributed by atoms with van der Waals surface area (Å²) in [5.41, 5.74) is 4.01. The molecule has 0 radical (unpaired) electrons. The lowest BCUT2D eigenvalue weighted by Crippen LogP contribution is -2.15. The van der Waals surface area contributed by atoms with Crippen molar-refractivity contribution in [3.8, 4) is 5.69 Å².